The van der Waals surface area contributed by atoms with Gasteiger partial charge in [-0.1, -0.05) is 0 Å². The molecule has 2 heterocycles. The van der Waals surface area contributed by atoms with Crippen LogP contribution in [-0.4, -0.2) is 58.6 Å². The van der Waals surface area contributed by atoms with Crippen molar-refractivity contribution in [1.82, 2.24) is 10.2 Å². The zero-order chi connectivity index (χ0) is 11.7. The quantitative estimate of drug-likeness (QED) is 0.530. The van der Waals surface area contributed by atoms with Crippen LogP contribution in [0.2, 0.25) is 0 Å². The lowest BCUT2D eigenvalue weighted by Gasteiger charge is -2.31. The van der Waals surface area contributed by atoms with Crippen LogP contribution in [-0.2, 0) is 9.53 Å². The Labute approximate surface area is 92.0 Å². The number of imide groups is 1. The van der Waals surface area contributed by atoms with Crippen molar-refractivity contribution >= 4 is 11.9 Å². The number of amides is 3. The third-order valence-electron chi connectivity index (χ3n) is 2.82. The van der Waals surface area contributed by atoms with Gasteiger partial charge in [0.2, 0.25) is 5.91 Å². The van der Waals surface area contributed by atoms with E-state index in [-0.39, 0.29) is 31.9 Å². The first-order chi connectivity index (χ1) is 7.61. The average molecular weight is 230 g/mol. The number of carbonyl (C=O) groups is 2. The van der Waals surface area contributed by atoms with Crippen molar-refractivity contribution in [3.05, 3.63) is 0 Å². The maximum Gasteiger partial charge on any atom is 0.326 e. The summed E-state index contributed by atoms with van der Waals surface area (Å²) in [7, 11) is 0. The molecule has 3 N–H and O–H groups in total. The van der Waals surface area contributed by atoms with Crippen LogP contribution in [0.4, 0.5) is 4.79 Å². The Morgan fingerprint density at radius 2 is 2.25 bits per heavy atom. The van der Waals surface area contributed by atoms with Gasteiger partial charge in [-0.25, -0.2) is 4.79 Å². The molecule has 7 nitrogen and oxygen atoms in total. The second-order valence-corrected chi connectivity index (χ2v) is 3.91. The van der Waals surface area contributed by atoms with Crippen molar-refractivity contribution in [3.63, 3.8) is 0 Å². The van der Waals surface area contributed by atoms with Crippen molar-refractivity contribution < 1.29 is 24.5 Å². The smallest absolute Gasteiger partial charge is 0.326 e. The fourth-order valence-electron chi connectivity index (χ4n) is 1.92. The van der Waals surface area contributed by atoms with E-state index in [0.29, 0.717) is 0 Å². The Balaban J connectivity index is 1.98. The number of aliphatic hydroxyl groups excluding tert-OH is 2. The first-order valence-corrected chi connectivity index (χ1v) is 5.16. The maximum atomic E-state index is 11.5. The van der Waals surface area contributed by atoms with E-state index >= 15 is 0 Å². The molecule has 0 aromatic heterocycles. The number of hydrogen-bond donors (Lipinski definition) is 3. The lowest BCUT2D eigenvalue weighted by atomic mass is 10.2. The molecule has 3 atom stereocenters. The van der Waals surface area contributed by atoms with Gasteiger partial charge >= 0.3 is 6.03 Å². The molecule has 0 aromatic rings. The summed E-state index contributed by atoms with van der Waals surface area (Å²) < 4.78 is 5.32. The van der Waals surface area contributed by atoms with Crippen LogP contribution in [0.3, 0.4) is 0 Å². The van der Waals surface area contributed by atoms with Gasteiger partial charge in [-0.05, 0) is 0 Å². The van der Waals surface area contributed by atoms with Gasteiger partial charge in [-0.15, -0.1) is 0 Å². The lowest BCUT2D eigenvalue weighted by Crippen LogP contribution is -2.53. The van der Waals surface area contributed by atoms with Crippen molar-refractivity contribution in [2.45, 2.75) is 31.3 Å². The number of nitrogens with zero attached hydrogens (tertiary/aromatic N) is 1. The summed E-state index contributed by atoms with van der Waals surface area (Å²) in [6.45, 7) is -0.00768. The molecule has 2 aliphatic rings. The summed E-state index contributed by atoms with van der Waals surface area (Å²) in [5.74, 6) is -0.307. The number of ether oxygens (including phenoxy) is 1. The van der Waals surface area contributed by atoms with Crippen LogP contribution in [0.1, 0.15) is 12.8 Å². The van der Waals surface area contributed by atoms with Crippen molar-refractivity contribution in [2.75, 3.05) is 13.2 Å². The number of urea groups is 1. The highest BCUT2D eigenvalue weighted by Gasteiger charge is 2.40. The Hall–Kier alpha value is -1.18. The summed E-state index contributed by atoms with van der Waals surface area (Å²) in [6.07, 6.45) is -1.52. The SMILES string of the molecule is O=C1CCN([C@@H]2C[C@@H](O)[C@@H](CO)O2)C(=O)N1. The monoisotopic (exact) mass is 230 g/mol. The van der Waals surface area contributed by atoms with Crippen LogP contribution in [0, 0.1) is 0 Å². The molecule has 0 unspecified atom stereocenters. The standard InChI is InChI=1S/C9H14N2O5/c12-4-6-5(13)3-8(16-6)11-2-1-7(14)10-9(11)15/h5-6,8,12-13H,1-4H2,(H,10,14,15)/t5-,6-,8+/m1/s1. The normalized spacial score (nSPS) is 35.4. The second kappa shape index (κ2) is 4.36. The molecule has 2 fully saturated rings. The van der Waals surface area contributed by atoms with Crippen molar-refractivity contribution in [3.8, 4) is 0 Å². The summed E-state index contributed by atoms with van der Waals surface area (Å²) in [5.41, 5.74) is 0. The number of carbonyl (C=O) groups excluding carboxylic acids is 2. The van der Waals surface area contributed by atoms with E-state index in [4.69, 9.17) is 9.84 Å². The highest BCUT2D eigenvalue weighted by molar-refractivity contribution is 5.96. The molecule has 0 saturated carbocycles. The molecule has 2 saturated heterocycles. The minimum atomic E-state index is -0.777. The zero-order valence-electron chi connectivity index (χ0n) is 8.63. The lowest BCUT2D eigenvalue weighted by molar-refractivity contribution is -0.123. The third-order valence-corrected chi connectivity index (χ3v) is 2.82. The van der Waals surface area contributed by atoms with Gasteiger partial charge in [0.25, 0.3) is 0 Å². The van der Waals surface area contributed by atoms with Gasteiger partial charge in [0.15, 0.2) is 0 Å². The second-order valence-electron chi connectivity index (χ2n) is 3.91. The van der Waals surface area contributed by atoms with Gasteiger partial charge in [-0.3, -0.25) is 15.0 Å². The van der Waals surface area contributed by atoms with E-state index < -0.39 is 24.5 Å². The van der Waals surface area contributed by atoms with E-state index in [1.807, 2.05) is 0 Å². The molecule has 0 aromatic carbocycles. The Kier molecular flexibility index (Phi) is 3.08. The van der Waals surface area contributed by atoms with Gasteiger partial charge in [0.1, 0.15) is 12.3 Å². The van der Waals surface area contributed by atoms with Crippen LogP contribution >= 0.6 is 0 Å². The summed E-state index contributed by atoms with van der Waals surface area (Å²) in [4.78, 5) is 23.8. The molecular formula is C9H14N2O5. The molecule has 90 valence electrons. The molecule has 3 amide bonds. The minimum absolute atomic E-state index is 0.228. The molecule has 2 aliphatic heterocycles. The molecule has 0 bridgehead atoms. The summed E-state index contributed by atoms with van der Waals surface area (Å²) in [6, 6.07) is -0.507. The maximum absolute atomic E-state index is 11.5. The number of rotatable bonds is 2. The fraction of sp³-hybridized carbons (Fsp3) is 0.778. The largest absolute Gasteiger partial charge is 0.394 e. The van der Waals surface area contributed by atoms with E-state index in [2.05, 4.69) is 5.32 Å². The van der Waals surface area contributed by atoms with Crippen molar-refractivity contribution in [2.24, 2.45) is 0 Å². The van der Waals surface area contributed by atoms with Gasteiger partial charge in [0, 0.05) is 19.4 Å². The van der Waals surface area contributed by atoms with Gasteiger partial charge in [-0.2, -0.15) is 0 Å². The molecular weight excluding hydrogens is 216 g/mol. The Morgan fingerprint density at radius 1 is 1.50 bits per heavy atom. The van der Waals surface area contributed by atoms with Gasteiger partial charge < -0.3 is 14.9 Å². The topological polar surface area (TPSA) is 99.1 Å². The first kappa shape index (κ1) is 11.3. The van der Waals surface area contributed by atoms with Gasteiger partial charge in [0.05, 0.1) is 12.7 Å². The van der Waals surface area contributed by atoms with Crippen LogP contribution in [0.25, 0.3) is 0 Å². The van der Waals surface area contributed by atoms with E-state index in [1.54, 1.807) is 0 Å². The minimum Gasteiger partial charge on any atom is -0.394 e. The molecule has 16 heavy (non-hydrogen) atoms. The fourth-order valence-corrected chi connectivity index (χ4v) is 1.92. The molecule has 0 aliphatic carbocycles. The molecule has 0 spiro atoms. The predicted molar refractivity (Wildman–Crippen MR) is 51.2 cm³/mol. The van der Waals surface area contributed by atoms with Crippen molar-refractivity contribution in [1.29, 1.82) is 0 Å². The number of nitrogens with one attached hydrogen (secondary N) is 1. The van der Waals surface area contributed by atoms with Crippen LogP contribution in [0.15, 0.2) is 0 Å². The van der Waals surface area contributed by atoms with E-state index in [1.165, 1.54) is 4.90 Å². The van der Waals surface area contributed by atoms with E-state index in [0.717, 1.165) is 0 Å². The van der Waals surface area contributed by atoms with Crippen LogP contribution in [0.5, 0.6) is 0 Å². The van der Waals surface area contributed by atoms with E-state index in [9.17, 15) is 14.7 Å². The molecule has 2 rings (SSSR count). The molecule has 0 radical (unpaired) electrons. The highest BCUT2D eigenvalue weighted by atomic mass is 16.5. The average Bonchev–Trinajstić information content (AvgIpc) is 2.59. The first-order valence-electron chi connectivity index (χ1n) is 5.16. The zero-order valence-corrected chi connectivity index (χ0v) is 8.63. The Morgan fingerprint density at radius 3 is 2.81 bits per heavy atom. The summed E-state index contributed by atoms with van der Waals surface area (Å²) >= 11 is 0. The third kappa shape index (κ3) is 2.01. The summed E-state index contributed by atoms with van der Waals surface area (Å²) in [5, 5.41) is 20.6. The highest BCUT2D eigenvalue weighted by Crippen LogP contribution is 2.24. The number of hydrogen-bond acceptors (Lipinski definition) is 5. The predicted octanol–water partition coefficient (Wildman–Crippen LogP) is -1.60. The molecule has 7 heteroatoms. The Bertz CT molecular complexity index is 308. The van der Waals surface area contributed by atoms with Crippen LogP contribution < -0.4 is 5.32 Å². The number of aliphatic hydroxyl groups is 2.